The number of rotatable bonds is 6. The van der Waals surface area contributed by atoms with Gasteiger partial charge in [0.15, 0.2) is 0 Å². The van der Waals surface area contributed by atoms with E-state index in [1.807, 2.05) is 49.1 Å². The molecule has 1 saturated heterocycles. The maximum atomic E-state index is 14.6. The molecular weight excluding hydrogens is 1160 g/mol. The molecule has 2 heterocycles. The molecule has 1 aromatic heterocycles. The van der Waals surface area contributed by atoms with Crippen molar-refractivity contribution in [3.05, 3.63) is 105 Å². The number of hydrogen-bond acceptors (Lipinski definition) is 5. The first-order valence-electron chi connectivity index (χ1n) is 12.9. The van der Waals surface area contributed by atoms with Crippen LogP contribution in [0.5, 0.6) is 11.5 Å². The zero-order valence-electron chi connectivity index (χ0n) is 24.0. The van der Waals surface area contributed by atoms with Gasteiger partial charge in [0.1, 0.15) is 41.3 Å². The Balaban J connectivity index is 0.000000373. The van der Waals surface area contributed by atoms with E-state index in [1.54, 1.807) is 17.1 Å². The maximum Gasteiger partial charge on any atom is 0.137 e. The lowest BCUT2D eigenvalue weighted by Crippen LogP contribution is -2.32. The summed E-state index contributed by atoms with van der Waals surface area (Å²) in [4.78, 5) is 5.92. The summed E-state index contributed by atoms with van der Waals surface area (Å²) >= 11 is 15.8. The van der Waals surface area contributed by atoms with Crippen molar-refractivity contribution in [3.8, 4) is 11.5 Å². The summed E-state index contributed by atoms with van der Waals surface area (Å²) in [6.07, 6.45) is 3.49. The Bertz CT molecular complexity index is 1450. The van der Waals surface area contributed by atoms with Gasteiger partial charge in [0.05, 0.1) is 19.8 Å². The number of alkyl halides is 4. The fourth-order valence-electron chi connectivity index (χ4n) is 4.39. The second-order valence-electron chi connectivity index (χ2n) is 9.49. The largest absolute Gasteiger partial charge is 0.508 e. The molecule has 0 bridgehead atoms. The van der Waals surface area contributed by atoms with Crippen LogP contribution in [0.4, 0.5) is 8.78 Å². The molecule has 14 heteroatoms. The Labute approximate surface area is 328 Å². The van der Waals surface area contributed by atoms with Gasteiger partial charge in [-0.25, -0.2) is 18.4 Å². The molecule has 1 aliphatic rings. The number of halogens is 8. The van der Waals surface area contributed by atoms with E-state index in [0.717, 1.165) is 31.8 Å². The van der Waals surface area contributed by atoms with Gasteiger partial charge in [-0.3, -0.25) is 0 Å². The lowest BCUT2D eigenvalue weighted by atomic mass is 9.87. The molecule has 1 N–H and O–H groups in total. The first-order valence-corrected chi connectivity index (χ1v) is 20.4. The van der Waals surface area contributed by atoms with Crippen molar-refractivity contribution in [2.45, 2.75) is 32.4 Å². The SMILES string of the molecule is CI.Cc1cc(Br)ccc1O.Cc1cc(Br)ccc1OC[C@@H]1CO[C@@](Cn2cncn2)(c2ccc(F)cc2F)C1.IC(I)I. The highest BCUT2D eigenvalue weighted by molar-refractivity contribution is 14.3. The third-order valence-electron chi connectivity index (χ3n) is 6.29. The van der Waals surface area contributed by atoms with Crippen molar-refractivity contribution in [1.29, 1.82) is 0 Å². The molecular formula is C30H31Br2F2I4N3O3. The first kappa shape index (κ1) is 40.3. The van der Waals surface area contributed by atoms with Crippen molar-refractivity contribution in [1.82, 2.24) is 14.8 Å². The topological polar surface area (TPSA) is 69.4 Å². The Morgan fingerprint density at radius 2 is 1.66 bits per heavy atom. The summed E-state index contributed by atoms with van der Waals surface area (Å²) in [5.41, 5.74) is 1.27. The molecule has 0 unspecified atom stereocenters. The number of nitrogens with zero attached hydrogens (tertiary/aromatic N) is 3. The molecule has 1 fully saturated rings. The molecule has 0 spiro atoms. The van der Waals surface area contributed by atoms with Gasteiger partial charge in [-0.05, 0) is 78.8 Å². The molecule has 1 aliphatic heterocycles. The van der Waals surface area contributed by atoms with Crippen LogP contribution in [-0.2, 0) is 16.9 Å². The zero-order valence-corrected chi connectivity index (χ0v) is 35.8. The second kappa shape index (κ2) is 20.5. The number of phenols is 1. The van der Waals surface area contributed by atoms with Crippen LogP contribution in [0.3, 0.4) is 0 Å². The van der Waals surface area contributed by atoms with Gasteiger partial charge >= 0.3 is 0 Å². The Kier molecular flexibility index (Phi) is 18.7. The van der Waals surface area contributed by atoms with Crippen LogP contribution < -0.4 is 4.74 Å². The number of ether oxygens (including phenoxy) is 2. The lowest BCUT2D eigenvalue weighted by molar-refractivity contribution is -0.0206. The van der Waals surface area contributed by atoms with Crippen LogP contribution in [0.1, 0.15) is 23.1 Å². The van der Waals surface area contributed by atoms with Crippen LogP contribution in [0, 0.1) is 31.4 Å². The van der Waals surface area contributed by atoms with Gasteiger partial charge in [-0.15, -0.1) is 0 Å². The minimum absolute atomic E-state index is 0.0472. The highest BCUT2D eigenvalue weighted by atomic mass is 127. The summed E-state index contributed by atoms with van der Waals surface area (Å²) in [6.45, 7) is 4.96. The molecule has 0 aliphatic carbocycles. The number of aryl methyl sites for hydroxylation is 2. The van der Waals surface area contributed by atoms with Crippen molar-refractivity contribution in [3.63, 3.8) is 0 Å². The summed E-state index contributed by atoms with van der Waals surface area (Å²) in [5, 5.41) is 13.2. The zero-order chi connectivity index (χ0) is 32.9. The quantitative estimate of drug-likeness (QED) is 0.154. The van der Waals surface area contributed by atoms with E-state index in [2.05, 4.69) is 132 Å². The van der Waals surface area contributed by atoms with Crippen LogP contribution in [0.15, 0.2) is 76.2 Å². The molecule has 240 valence electrons. The standard InChI is InChI=1S/C21H20BrF2N3O2.C7H7BrO.CHI3.CH3I/c1-14-6-16(22)2-5-20(14)28-9-15-8-21(29-10-15,11-27-13-25-12-26-27)18-4-3-17(23)7-19(18)24;1-5-4-6(8)2-3-7(5)9;2-1(3)4;1-2/h2-7,12-13,15H,8-11H2,1H3;2-4,9H,1H3;1H;1H3/t15-,21+;;;/m1.../s1. The van der Waals surface area contributed by atoms with Gasteiger partial charge < -0.3 is 14.6 Å². The first-order chi connectivity index (χ1) is 20.9. The van der Waals surface area contributed by atoms with E-state index in [9.17, 15) is 8.78 Å². The number of phenolic OH excluding ortho intramolecular Hbond substituents is 1. The summed E-state index contributed by atoms with van der Waals surface area (Å²) in [7, 11) is 0. The van der Waals surface area contributed by atoms with Gasteiger partial charge in [-0.2, -0.15) is 5.10 Å². The number of benzene rings is 3. The van der Waals surface area contributed by atoms with Crippen molar-refractivity contribution in [2.75, 3.05) is 18.1 Å². The molecule has 0 saturated carbocycles. The molecule has 44 heavy (non-hydrogen) atoms. The molecule has 0 radical (unpaired) electrons. The average Bonchev–Trinajstić information content (AvgIpc) is 3.62. The third-order valence-corrected chi connectivity index (χ3v) is 7.28. The average molecular weight is 1190 g/mol. The Morgan fingerprint density at radius 3 is 2.20 bits per heavy atom. The predicted octanol–water partition coefficient (Wildman–Crippen LogP) is 10.7. The number of aromatic hydroxyl groups is 1. The third kappa shape index (κ3) is 13.3. The maximum absolute atomic E-state index is 14.6. The van der Waals surface area contributed by atoms with E-state index >= 15 is 0 Å². The molecule has 4 aromatic rings. The van der Waals surface area contributed by atoms with Crippen LogP contribution in [-0.4, -0.2) is 38.0 Å². The van der Waals surface area contributed by atoms with E-state index in [4.69, 9.17) is 14.6 Å². The van der Waals surface area contributed by atoms with Crippen molar-refractivity contribution >= 4 is 122 Å². The van der Waals surface area contributed by atoms with E-state index in [1.165, 1.54) is 18.5 Å². The minimum atomic E-state index is -0.964. The van der Waals surface area contributed by atoms with Gasteiger partial charge in [-0.1, -0.05) is 128 Å². The van der Waals surface area contributed by atoms with Gasteiger partial charge in [0.2, 0.25) is 0 Å². The minimum Gasteiger partial charge on any atom is -0.508 e. The van der Waals surface area contributed by atoms with Gasteiger partial charge in [0, 0.05) is 26.5 Å². The summed E-state index contributed by atoms with van der Waals surface area (Å²) in [5.74, 6) is -0.0552. The molecule has 2 atom stereocenters. The highest BCUT2D eigenvalue weighted by Gasteiger charge is 2.44. The van der Waals surface area contributed by atoms with E-state index in [0.29, 0.717) is 30.9 Å². The van der Waals surface area contributed by atoms with Crippen LogP contribution >= 0.6 is 122 Å². The Morgan fingerprint density at radius 1 is 1.02 bits per heavy atom. The van der Waals surface area contributed by atoms with Crippen molar-refractivity contribution in [2.24, 2.45) is 5.92 Å². The second-order valence-corrected chi connectivity index (χ2v) is 22.2. The summed E-state index contributed by atoms with van der Waals surface area (Å²) in [6, 6.07) is 14.8. The van der Waals surface area contributed by atoms with E-state index in [-0.39, 0.29) is 12.5 Å². The number of hydrogen-bond donors (Lipinski definition) is 1. The highest BCUT2D eigenvalue weighted by Crippen LogP contribution is 2.42. The number of aromatic nitrogens is 3. The fraction of sp³-hybridized carbons (Fsp3) is 0.333. The van der Waals surface area contributed by atoms with Gasteiger partial charge in [0.25, 0.3) is 0 Å². The fourth-order valence-corrected chi connectivity index (χ4v) is 5.34. The Hall–Kier alpha value is 0.100. The smallest absolute Gasteiger partial charge is 0.137 e. The van der Waals surface area contributed by atoms with Crippen molar-refractivity contribution < 1.29 is 23.4 Å². The molecule has 5 rings (SSSR count). The molecule has 3 aromatic carbocycles. The monoisotopic (exact) mass is 1180 g/mol. The summed E-state index contributed by atoms with van der Waals surface area (Å²) < 4.78 is 44.6. The normalized spacial score (nSPS) is 17.0. The lowest BCUT2D eigenvalue weighted by Gasteiger charge is -2.29. The molecule has 6 nitrogen and oxygen atoms in total. The molecule has 0 amide bonds. The van der Waals surface area contributed by atoms with Crippen LogP contribution in [0.2, 0.25) is 0 Å². The van der Waals surface area contributed by atoms with E-state index < -0.39 is 17.2 Å². The van der Waals surface area contributed by atoms with Crippen LogP contribution in [0.25, 0.3) is 0 Å². The predicted molar refractivity (Wildman–Crippen MR) is 213 cm³/mol.